The number of nitrogens with zero attached hydrogens (tertiary/aromatic N) is 1. The van der Waals surface area contributed by atoms with Crippen LogP contribution in [0.4, 0.5) is 0 Å². The van der Waals surface area contributed by atoms with Gasteiger partial charge < -0.3 is 9.84 Å². The summed E-state index contributed by atoms with van der Waals surface area (Å²) in [6.45, 7) is 13.1. The molecule has 2 atom stereocenters. The molecule has 1 aliphatic heterocycles. The lowest BCUT2D eigenvalue weighted by Gasteiger charge is -2.34. The standard InChI is InChI=1S/C20H33NO2/c1-15-9-10-19(18(12-15)20(3,4)5)23-14-17(22)13-21-11-7-6-8-16(21)2/h9-10,12,16-17,22H,6-8,11,13-14H2,1-5H3/t16-,17-/m0/s1. The van der Waals surface area contributed by atoms with E-state index in [1.54, 1.807) is 0 Å². The molecule has 1 heterocycles. The van der Waals surface area contributed by atoms with Crippen molar-refractivity contribution in [1.29, 1.82) is 0 Å². The highest BCUT2D eigenvalue weighted by atomic mass is 16.5. The number of benzene rings is 1. The summed E-state index contributed by atoms with van der Waals surface area (Å²) in [5, 5.41) is 10.4. The van der Waals surface area contributed by atoms with E-state index >= 15 is 0 Å². The zero-order valence-electron chi connectivity index (χ0n) is 15.4. The average molecular weight is 319 g/mol. The maximum absolute atomic E-state index is 10.4. The summed E-state index contributed by atoms with van der Waals surface area (Å²) in [6, 6.07) is 6.87. The fourth-order valence-corrected chi connectivity index (χ4v) is 3.29. The largest absolute Gasteiger partial charge is 0.491 e. The Bertz CT molecular complexity index is 507. The lowest BCUT2D eigenvalue weighted by molar-refractivity contribution is 0.0433. The molecule has 1 N–H and O–H groups in total. The number of rotatable bonds is 5. The number of aryl methyl sites for hydroxylation is 1. The second kappa shape index (κ2) is 7.67. The lowest BCUT2D eigenvalue weighted by atomic mass is 9.85. The van der Waals surface area contributed by atoms with Crippen molar-refractivity contribution in [3.8, 4) is 5.75 Å². The number of ether oxygens (including phenoxy) is 1. The SMILES string of the molecule is Cc1ccc(OC[C@@H](O)CN2CCCC[C@@H]2C)c(C(C)(C)C)c1. The molecule has 3 nitrogen and oxygen atoms in total. The van der Waals surface area contributed by atoms with Crippen molar-refractivity contribution < 1.29 is 9.84 Å². The number of β-amino-alcohol motifs (C(OH)–C–C–N with tert-alkyl or cyclic N) is 1. The molecule has 1 fully saturated rings. The summed E-state index contributed by atoms with van der Waals surface area (Å²) in [7, 11) is 0. The van der Waals surface area contributed by atoms with E-state index in [-0.39, 0.29) is 5.41 Å². The summed E-state index contributed by atoms with van der Waals surface area (Å²) >= 11 is 0. The first-order valence-electron chi connectivity index (χ1n) is 8.93. The third-order valence-corrected chi connectivity index (χ3v) is 4.76. The Morgan fingerprint density at radius 2 is 2.04 bits per heavy atom. The van der Waals surface area contributed by atoms with Crippen LogP contribution in [0.15, 0.2) is 18.2 Å². The highest BCUT2D eigenvalue weighted by molar-refractivity contribution is 5.41. The fourth-order valence-electron chi connectivity index (χ4n) is 3.29. The molecule has 0 spiro atoms. The van der Waals surface area contributed by atoms with Crippen molar-refractivity contribution in [3.63, 3.8) is 0 Å². The first-order valence-corrected chi connectivity index (χ1v) is 8.93. The maximum atomic E-state index is 10.4. The number of likely N-dealkylation sites (tertiary alicyclic amines) is 1. The Morgan fingerprint density at radius 3 is 2.70 bits per heavy atom. The van der Waals surface area contributed by atoms with Crippen molar-refractivity contribution in [2.24, 2.45) is 0 Å². The van der Waals surface area contributed by atoms with Crippen LogP contribution in [-0.4, -0.2) is 41.8 Å². The molecule has 1 saturated heterocycles. The fraction of sp³-hybridized carbons (Fsp3) is 0.700. The van der Waals surface area contributed by atoms with E-state index in [0.29, 0.717) is 19.2 Å². The van der Waals surface area contributed by atoms with Crippen LogP contribution in [0.3, 0.4) is 0 Å². The molecule has 0 radical (unpaired) electrons. The summed E-state index contributed by atoms with van der Waals surface area (Å²) in [5.41, 5.74) is 2.48. The summed E-state index contributed by atoms with van der Waals surface area (Å²) in [5.74, 6) is 0.897. The minimum atomic E-state index is -0.440. The minimum absolute atomic E-state index is 0.0354. The van der Waals surface area contributed by atoms with Crippen LogP contribution in [0.1, 0.15) is 58.1 Å². The molecule has 23 heavy (non-hydrogen) atoms. The third kappa shape index (κ3) is 5.22. The van der Waals surface area contributed by atoms with E-state index in [9.17, 15) is 5.11 Å². The van der Waals surface area contributed by atoms with E-state index in [2.05, 4.69) is 51.7 Å². The number of piperidine rings is 1. The maximum Gasteiger partial charge on any atom is 0.123 e. The van der Waals surface area contributed by atoms with Gasteiger partial charge in [-0.3, -0.25) is 4.90 Å². The Hall–Kier alpha value is -1.06. The molecule has 1 aromatic carbocycles. The van der Waals surface area contributed by atoms with E-state index < -0.39 is 6.10 Å². The van der Waals surface area contributed by atoms with Crippen molar-refractivity contribution in [1.82, 2.24) is 4.90 Å². The van der Waals surface area contributed by atoms with Crippen LogP contribution in [0, 0.1) is 6.92 Å². The Labute approximate surface area is 141 Å². The monoisotopic (exact) mass is 319 g/mol. The van der Waals surface area contributed by atoms with Gasteiger partial charge in [-0.05, 0) is 50.3 Å². The van der Waals surface area contributed by atoms with Gasteiger partial charge in [-0.15, -0.1) is 0 Å². The van der Waals surface area contributed by atoms with Crippen LogP contribution in [0.2, 0.25) is 0 Å². The van der Waals surface area contributed by atoms with Gasteiger partial charge in [-0.2, -0.15) is 0 Å². The van der Waals surface area contributed by atoms with Gasteiger partial charge in [0.05, 0.1) is 0 Å². The van der Waals surface area contributed by atoms with E-state index in [1.165, 1.54) is 30.4 Å². The first kappa shape index (κ1) is 18.3. The molecule has 3 heteroatoms. The molecule has 130 valence electrons. The molecular formula is C20H33NO2. The minimum Gasteiger partial charge on any atom is -0.491 e. The van der Waals surface area contributed by atoms with E-state index in [4.69, 9.17) is 4.74 Å². The molecular weight excluding hydrogens is 286 g/mol. The first-order chi connectivity index (χ1) is 10.8. The molecule has 0 bridgehead atoms. The van der Waals surface area contributed by atoms with Crippen molar-refractivity contribution in [2.45, 2.75) is 71.4 Å². The van der Waals surface area contributed by atoms with Crippen molar-refractivity contribution >= 4 is 0 Å². The topological polar surface area (TPSA) is 32.7 Å². The van der Waals surface area contributed by atoms with Crippen LogP contribution in [0.25, 0.3) is 0 Å². The molecule has 0 aliphatic carbocycles. The van der Waals surface area contributed by atoms with E-state index in [0.717, 1.165) is 12.3 Å². The number of hydrogen-bond acceptors (Lipinski definition) is 3. The Balaban J connectivity index is 1.95. The zero-order valence-corrected chi connectivity index (χ0v) is 15.4. The number of aliphatic hydroxyl groups is 1. The molecule has 0 unspecified atom stereocenters. The molecule has 0 aromatic heterocycles. The second-order valence-electron chi connectivity index (χ2n) is 8.05. The molecule has 0 saturated carbocycles. The predicted molar refractivity (Wildman–Crippen MR) is 96.3 cm³/mol. The van der Waals surface area contributed by atoms with Crippen LogP contribution >= 0.6 is 0 Å². The van der Waals surface area contributed by atoms with Gasteiger partial charge in [0, 0.05) is 12.6 Å². The molecule has 2 rings (SSSR count). The number of hydrogen-bond donors (Lipinski definition) is 1. The zero-order chi connectivity index (χ0) is 17.0. The predicted octanol–water partition coefficient (Wildman–Crippen LogP) is 3.91. The third-order valence-electron chi connectivity index (χ3n) is 4.76. The normalized spacial score (nSPS) is 21.2. The van der Waals surface area contributed by atoms with Gasteiger partial charge in [0.15, 0.2) is 0 Å². The Morgan fingerprint density at radius 1 is 1.30 bits per heavy atom. The Kier molecular flexibility index (Phi) is 6.10. The van der Waals surface area contributed by atoms with E-state index in [1.807, 2.05) is 6.07 Å². The van der Waals surface area contributed by atoms with Gasteiger partial charge in [0.1, 0.15) is 18.5 Å². The lowest BCUT2D eigenvalue weighted by Crippen LogP contribution is -2.43. The summed E-state index contributed by atoms with van der Waals surface area (Å²) in [4.78, 5) is 2.39. The van der Waals surface area contributed by atoms with Gasteiger partial charge in [0.25, 0.3) is 0 Å². The van der Waals surface area contributed by atoms with Gasteiger partial charge in [-0.1, -0.05) is 44.9 Å². The molecule has 1 aromatic rings. The van der Waals surface area contributed by atoms with Crippen molar-refractivity contribution in [3.05, 3.63) is 29.3 Å². The number of aliphatic hydroxyl groups excluding tert-OH is 1. The van der Waals surface area contributed by atoms with Crippen LogP contribution in [0.5, 0.6) is 5.75 Å². The van der Waals surface area contributed by atoms with Gasteiger partial charge in [0.2, 0.25) is 0 Å². The van der Waals surface area contributed by atoms with Crippen molar-refractivity contribution in [2.75, 3.05) is 19.7 Å². The smallest absolute Gasteiger partial charge is 0.123 e. The summed E-state index contributed by atoms with van der Waals surface area (Å²) < 4.78 is 5.98. The van der Waals surface area contributed by atoms with Gasteiger partial charge >= 0.3 is 0 Å². The quantitative estimate of drug-likeness (QED) is 0.893. The highest BCUT2D eigenvalue weighted by Gasteiger charge is 2.22. The molecule has 0 amide bonds. The molecule has 1 aliphatic rings. The highest BCUT2D eigenvalue weighted by Crippen LogP contribution is 2.32. The second-order valence-corrected chi connectivity index (χ2v) is 8.05. The van der Waals surface area contributed by atoms with Gasteiger partial charge in [-0.25, -0.2) is 0 Å². The average Bonchev–Trinajstić information content (AvgIpc) is 2.47. The van der Waals surface area contributed by atoms with Crippen LogP contribution in [-0.2, 0) is 5.41 Å². The van der Waals surface area contributed by atoms with Crippen LogP contribution < -0.4 is 4.74 Å². The summed E-state index contributed by atoms with van der Waals surface area (Å²) in [6.07, 6.45) is 3.34.